The van der Waals surface area contributed by atoms with Crippen molar-refractivity contribution in [3.63, 3.8) is 0 Å². The Morgan fingerprint density at radius 1 is 1.52 bits per heavy atom. The molecule has 0 bridgehead atoms. The highest BCUT2D eigenvalue weighted by Crippen LogP contribution is 2.21. The standard InChI is InChI=1S/C16H25ClN4O2/c1-11-8-19-14(17)20-13(11)18-9-12-6-5-7-21(10-12)15(22)23-16(2,3)4/h8,12H,5-7,9-10H2,1-4H3,(H,18,19,20). The zero-order valence-corrected chi connectivity index (χ0v) is 15.0. The summed E-state index contributed by atoms with van der Waals surface area (Å²) in [5.74, 6) is 1.11. The van der Waals surface area contributed by atoms with Crippen LogP contribution >= 0.6 is 11.6 Å². The Kier molecular flexibility index (Phi) is 5.68. The van der Waals surface area contributed by atoms with Crippen LogP contribution < -0.4 is 5.32 Å². The van der Waals surface area contributed by atoms with Crippen LogP contribution in [0.1, 0.15) is 39.2 Å². The molecule has 7 heteroatoms. The normalized spacial score (nSPS) is 18.7. The van der Waals surface area contributed by atoms with E-state index in [9.17, 15) is 4.79 Å². The lowest BCUT2D eigenvalue weighted by Crippen LogP contribution is -2.44. The van der Waals surface area contributed by atoms with Crippen molar-refractivity contribution in [3.05, 3.63) is 17.0 Å². The maximum atomic E-state index is 12.2. The van der Waals surface area contributed by atoms with Crippen LogP contribution in [0.4, 0.5) is 10.6 Å². The number of piperidine rings is 1. The highest BCUT2D eigenvalue weighted by atomic mass is 35.5. The van der Waals surface area contributed by atoms with Crippen LogP contribution in [-0.4, -0.2) is 46.2 Å². The number of hydrogen-bond acceptors (Lipinski definition) is 5. The van der Waals surface area contributed by atoms with Crippen LogP contribution in [-0.2, 0) is 4.74 Å². The van der Waals surface area contributed by atoms with E-state index in [4.69, 9.17) is 16.3 Å². The van der Waals surface area contributed by atoms with Gasteiger partial charge in [-0.2, -0.15) is 0 Å². The molecule has 1 fully saturated rings. The number of hydrogen-bond donors (Lipinski definition) is 1. The summed E-state index contributed by atoms with van der Waals surface area (Å²) < 4.78 is 5.45. The smallest absolute Gasteiger partial charge is 0.410 e. The minimum Gasteiger partial charge on any atom is -0.444 e. The van der Waals surface area contributed by atoms with E-state index in [1.165, 1.54) is 0 Å². The van der Waals surface area contributed by atoms with Gasteiger partial charge in [0.1, 0.15) is 11.4 Å². The number of aromatic nitrogens is 2. The van der Waals surface area contributed by atoms with Gasteiger partial charge in [-0.05, 0) is 58.1 Å². The summed E-state index contributed by atoms with van der Waals surface area (Å²) in [4.78, 5) is 22.1. The Morgan fingerprint density at radius 2 is 2.26 bits per heavy atom. The van der Waals surface area contributed by atoms with Crippen molar-refractivity contribution < 1.29 is 9.53 Å². The average Bonchev–Trinajstić information content (AvgIpc) is 2.47. The first kappa shape index (κ1) is 17.8. The van der Waals surface area contributed by atoms with E-state index in [0.29, 0.717) is 12.5 Å². The summed E-state index contributed by atoms with van der Waals surface area (Å²) in [5.41, 5.74) is 0.492. The lowest BCUT2D eigenvalue weighted by Gasteiger charge is -2.34. The van der Waals surface area contributed by atoms with Crippen LogP contribution in [0.5, 0.6) is 0 Å². The topological polar surface area (TPSA) is 67.4 Å². The molecular formula is C16H25ClN4O2. The average molecular weight is 341 g/mol. The Labute approximate surface area is 142 Å². The fourth-order valence-corrected chi connectivity index (χ4v) is 2.70. The van der Waals surface area contributed by atoms with Crippen LogP contribution in [0.15, 0.2) is 6.20 Å². The molecule has 1 aromatic heterocycles. The number of rotatable bonds is 3. The highest BCUT2D eigenvalue weighted by Gasteiger charge is 2.27. The van der Waals surface area contributed by atoms with Gasteiger partial charge >= 0.3 is 6.09 Å². The van der Waals surface area contributed by atoms with Gasteiger partial charge in [0.05, 0.1) is 0 Å². The van der Waals surface area contributed by atoms with E-state index >= 15 is 0 Å². The van der Waals surface area contributed by atoms with Crippen molar-refractivity contribution in [3.8, 4) is 0 Å². The van der Waals surface area contributed by atoms with Crippen LogP contribution in [0.2, 0.25) is 5.28 Å². The lowest BCUT2D eigenvalue weighted by molar-refractivity contribution is 0.0172. The lowest BCUT2D eigenvalue weighted by atomic mass is 9.98. The number of nitrogens with zero attached hydrogens (tertiary/aromatic N) is 3. The first-order valence-electron chi connectivity index (χ1n) is 7.95. The second kappa shape index (κ2) is 7.34. The van der Waals surface area contributed by atoms with E-state index in [1.807, 2.05) is 27.7 Å². The Morgan fingerprint density at radius 3 is 2.96 bits per heavy atom. The van der Waals surface area contributed by atoms with Gasteiger partial charge in [0.15, 0.2) is 0 Å². The first-order chi connectivity index (χ1) is 10.7. The molecule has 6 nitrogen and oxygen atoms in total. The minimum absolute atomic E-state index is 0.233. The number of carbonyl (C=O) groups is 1. The van der Waals surface area contributed by atoms with E-state index < -0.39 is 5.60 Å². The van der Waals surface area contributed by atoms with E-state index in [-0.39, 0.29) is 11.4 Å². The third-order valence-corrected chi connectivity index (χ3v) is 3.85. The Bertz CT molecular complexity index is 560. The third kappa shape index (κ3) is 5.53. The third-order valence-electron chi connectivity index (χ3n) is 3.67. The van der Waals surface area contributed by atoms with Gasteiger partial charge in [-0.1, -0.05) is 0 Å². The summed E-state index contributed by atoms with van der Waals surface area (Å²) in [7, 11) is 0. The zero-order valence-electron chi connectivity index (χ0n) is 14.2. The molecule has 23 heavy (non-hydrogen) atoms. The predicted octanol–water partition coefficient (Wildman–Crippen LogP) is 3.50. The Balaban J connectivity index is 1.89. The molecule has 2 rings (SSSR count). The number of carbonyl (C=O) groups excluding carboxylic acids is 1. The molecule has 1 saturated heterocycles. The maximum Gasteiger partial charge on any atom is 0.410 e. The molecule has 128 valence electrons. The molecule has 1 amide bonds. The number of halogens is 1. The maximum absolute atomic E-state index is 12.2. The number of likely N-dealkylation sites (tertiary alicyclic amines) is 1. The summed E-state index contributed by atoms with van der Waals surface area (Å²) in [6.07, 6.45) is 3.52. The van der Waals surface area contributed by atoms with Gasteiger partial charge in [-0.25, -0.2) is 14.8 Å². The minimum atomic E-state index is -0.461. The molecule has 0 aliphatic carbocycles. The van der Waals surface area contributed by atoms with E-state index in [2.05, 4.69) is 15.3 Å². The van der Waals surface area contributed by atoms with Crippen molar-refractivity contribution in [1.82, 2.24) is 14.9 Å². The van der Waals surface area contributed by atoms with Gasteiger partial charge in [0.25, 0.3) is 0 Å². The van der Waals surface area contributed by atoms with Crippen LogP contribution in [0.25, 0.3) is 0 Å². The molecule has 1 aliphatic rings. The molecule has 2 heterocycles. The van der Waals surface area contributed by atoms with Gasteiger partial charge in [-0.15, -0.1) is 0 Å². The number of aryl methyl sites for hydroxylation is 1. The second-order valence-electron chi connectivity index (χ2n) is 6.99. The number of nitrogens with one attached hydrogen (secondary N) is 1. The summed E-state index contributed by atoms with van der Waals surface area (Å²) in [5, 5.41) is 3.55. The van der Waals surface area contributed by atoms with Crippen molar-refractivity contribution in [2.75, 3.05) is 25.0 Å². The highest BCUT2D eigenvalue weighted by molar-refractivity contribution is 6.28. The molecule has 1 atom stereocenters. The molecule has 1 aromatic rings. The molecule has 0 spiro atoms. The molecule has 1 aliphatic heterocycles. The van der Waals surface area contributed by atoms with Crippen LogP contribution in [0, 0.1) is 12.8 Å². The van der Waals surface area contributed by atoms with E-state index in [0.717, 1.165) is 37.3 Å². The molecule has 1 N–H and O–H groups in total. The van der Waals surface area contributed by atoms with Crippen molar-refractivity contribution >= 4 is 23.5 Å². The SMILES string of the molecule is Cc1cnc(Cl)nc1NCC1CCCN(C(=O)OC(C)(C)C)C1. The zero-order chi connectivity index (χ0) is 17.0. The predicted molar refractivity (Wildman–Crippen MR) is 90.8 cm³/mol. The number of amides is 1. The summed E-state index contributed by atoms with van der Waals surface area (Å²) in [6, 6.07) is 0. The van der Waals surface area contributed by atoms with Crippen molar-refractivity contribution in [2.24, 2.45) is 5.92 Å². The van der Waals surface area contributed by atoms with E-state index in [1.54, 1.807) is 11.1 Å². The number of anilines is 1. The fourth-order valence-electron chi connectivity index (χ4n) is 2.56. The van der Waals surface area contributed by atoms with Gasteiger partial charge in [0, 0.05) is 31.4 Å². The number of ether oxygens (including phenoxy) is 1. The van der Waals surface area contributed by atoms with Gasteiger partial charge < -0.3 is 15.0 Å². The summed E-state index contributed by atoms with van der Waals surface area (Å²) in [6.45, 7) is 9.78. The van der Waals surface area contributed by atoms with Gasteiger partial charge in [-0.3, -0.25) is 0 Å². The summed E-state index contributed by atoms with van der Waals surface area (Å²) >= 11 is 5.83. The molecule has 0 saturated carbocycles. The molecule has 0 aromatic carbocycles. The van der Waals surface area contributed by atoms with Gasteiger partial charge in [0.2, 0.25) is 5.28 Å². The fraction of sp³-hybridized carbons (Fsp3) is 0.688. The molecular weight excluding hydrogens is 316 g/mol. The van der Waals surface area contributed by atoms with Crippen molar-refractivity contribution in [2.45, 2.75) is 46.1 Å². The monoisotopic (exact) mass is 340 g/mol. The molecule has 0 radical (unpaired) electrons. The first-order valence-corrected chi connectivity index (χ1v) is 8.33. The Hall–Kier alpha value is -1.56. The largest absolute Gasteiger partial charge is 0.444 e. The van der Waals surface area contributed by atoms with Crippen LogP contribution in [0.3, 0.4) is 0 Å². The quantitative estimate of drug-likeness (QED) is 0.853. The second-order valence-corrected chi connectivity index (χ2v) is 7.32. The van der Waals surface area contributed by atoms with Crippen molar-refractivity contribution in [1.29, 1.82) is 0 Å². The molecule has 1 unspecified atom stereocenters.